The van der Waals surface area contributed by atoms with E-state index in [0.29, 0.717) is 5.92 Å². The number of nitrogens with one attached hydrogen (secondary N) is 1. The van der Waals surface area contributed by atoms with Crippen molar-refractivity contribution in [2.75, 3.05) is 0 Å². The first-order chi connectivity index (χ1) is 10.7. The number of hydrogen-bond donors (Lipinski definition) is 1. The van der Waals surface area contributed by atoms with Crippen molar-refractivity contribution in [1.29, 1.82) is 0 Å². The predicted molar refractivity (Wildman–Crippen MR) is 86.5 cm³/mol. The maximum atomic E-state index is 13.7. The van der Waals surface area contributed by atoms with Crippen LogP contribution in [0.25, 0.3) is 0 Å². The highest BCUT2D eigenvalue weighted by molar-refractivity contribution is 7.89. The maximum absolute atomic E-state index is 13.7. The van der Waals surface area contributed by atoms with Gasteiger partial charge >= 0.3 is 0 Å². The Balaban J connectivity index is 2.05. The minimum absolute atomic E-state index is 0.216. The summed E-state index contributed by atoms with van der Waals surface area (Å²) in [6, 6.07) is 2.26. The Bertz CT molecular complexity index is 651. The second-order valence-electron chi connectivity index (χ2n) is 7.09. The van der Waals surface area contributed by atoms with Crippen LogP contribution in [0.4, 0.5) is 8.78 Å². The van der Waals surface area contributed by atoms with Gasteiger partial charge in [-0.1, -0.05) is 27.2 Å². The fourth-order valence-electron chi connectivity index (χ4n) is 3.25. The molecule has 1 saturated carbocycles. The third kappa shape index (κ3) is 4.29. The molecule has 0 aliphatic heterocycles. The van der Waals surface area contributed by atoms with Crippen LogP contribution in [0.5, 0.6) is 0 Å². The molecular weight excluding hydrogens is 320 g/mol. The molecule has 0 saturated heterocycles. The lowest BCUT2D eigenvalue weighted by molar-refractivity contribution is 0.142. The van der Waals surface area contributed by atoms with Crippen molar-refractivity contribution in [3.05, 3.63) is 29.8 Å². The zero-order valence-electron chi connectivity index (χ0n) is 13.9. The van der Waals surface area contributed by atoms with E-state index in [1.54, 1.807) is 0 Å². The first-order valence-corrected chi connectivity index (χ1v) is 9.61. The standard InChI is InChI=1S/C17H25F2NO2S/c1-4-17(2,3)12-5-8-14(9-6-12)20-23(21,22)16-11-13(18)7-10-15(16)19/h7,10-12,14,20H,4-6,8-9H2,1-3H3. The average molecular weight is 345 g/mol. The van der Waals surface area contributed by atoms with Gasteiger partial charge in [-0.15, -0.1) is 0 Å². The Morgan fingerprint density at radius 3 is 2.35 bits per heavy atom. The summed E-state index contributed by atoms with van der Waals surface area (Å²) in [4.78, 5) is -0.617. The van der Waals surface area contributed by atoms with E-state index in [1.807, 2.05) is 0 Å². The highest BCUT2D eigenvalue weighted by atomic mass is 32.2. The summed E-state index contributed by atoms with van der Waals surface area (Å²) in [7, 11) is -4.04. The molecule has 1 aliphatic carbocycles. The monoisotopic (exact) mass is 345 g/mol. The van der Waals surface area contributed by atoms with Crippen LogP contribution in [-0.4, -0.2) is 14.5 Å². The van der Waals surface area contributed by atoms with Crippen molar-refractivity contribution >= 4 is 10.0 Å². The van der Waals surface area contributed by atoms with Crippen molar-refractivity contribution in [3.8, 4) is 0 Å². The van der Waals surface area contributed by atoms with Crippen LogP contribution in [0.2, 0.25) is 0 Å². The summed E-state index contributed by atoms with van der Waals surface area (Å²) in [5.41, 5.74) is 0.249. The fourth-order valence-corrected chi connectivity index (χ4v) is 4.64. The highest BCUT2D eigenvalue weighted by Crippen LogP contribution is 2.40. The molecule has 6 heteroatoms. The van der Waals surface area contributed by atoms with E-state index < -0.39 is 26.6 Å². The maximum Gasteiger partial charge on any atom is 0.243 e. The van der Waals surface area contributed by atoms with Crippen LogP contribution >= 0.6 is 0 Å². The highest BCUT2D eigenvalue weighted by Gasteiger charge is 2.33. The topological polar surface area (TPSA) is 46.2 Å². The quantitative estimate of drug-likeness (QED) is 0.868. The van der Waals surface area contributed by atoms with Gasteiger partial charge in [0.15, 0.2) is 0 Å². The van der Waals surface area contributed by atoms with Gasteiger partial charge in [-0.25, -0.2) is 21.9 Å². The zero-order chi connectivity index (χ0) is 17.3. The summed E-state index contributed by atoms with van der Waals surface area (Å²) in [5.74, 6) is -1.13. The molecule has 1 aromatic rings. The van der Waals surface area contributed by atoms with Crippen LogP contribution in [-0.2, 0) is 10.0 Å². The molecule has 1 fully saturated rings. The van der Waals surface area contributed by atoms with Crippen LogP contribution in [0.15, 0.2) is 23.1 Å². The van der Waals surface area contributed by atoms with Crippen molar-refractivity contribution in [1.82, 2.24) is 4.72 Å². The summed E-state index contributed by atoms with van der Waals surface area (Å²) in [6.45, 7) is 6.65. The molecule has 0 atom stereocenters. The van der Waals surface area contributed by atoms with E-state index in [-0.39, 0.29) is 11.5 Å². The normalized spacial score (nSPS) is 23.0. The Hall–Kier alpha value is -1.01. The Morgan fingerprint density at radius 2 is 1.78 bits per heavy atom. The van der Waals surface area contributed by atoms with E-state index in [2.05, 4.69) is 25.5 Å². The third-order valence-electron chi connectivity index (χ3n) is 5.25. The Labute approximate surface area is 137 Å². The number of rotatable bonds is 5. The van der Waals surface area contributed by atoms with E-state index in [1.165, 1.54) is 0 Å². The van der Waals surface area contributed by atoms with Gasteiger partial charge in [0.25, 0.3) is 0 Å². The zero-order valence-corrected chi connectivity index (χ0v) is 14.7. The Kier molecular flexibility index (Phi) is 5.46. The molecular formula is C17H25F2NO2S. The van der Waals surface area contributed by atoms with Gasteiger partial charge in [0.05, 0.1) is 0 Å². The summed E-state index contributed by atoms with van der Waals surface area (Å²) >= 11 is 0. The fraction of sp³-hybridized carbons (Fsp3) is 0.647. The molecule has 0 heterocycles. The summed E-state index contributed by atoms with van der Waals surface area (Å²) in [6.07, 6.45) is 4.43. The largest absolute Gasteiger partial charge is 0.243 e. The van der Waals surface area contributed by atoms with Gasteiger partial charge in [0, 0.05) is 6.04 Å². The number of sulfonamides is 1. The van der Waals surface area contributed by atoms with E-state index in [9.17, 15) is 17.2 Å². The third-order valence-corrected chi connectivity index (χ3v) is 6.78. The molecule has 0 amide bonds. The molecule has 0 spiro atoms. The van der Waals surface area contributed by atoms with Crippen molar-refractivity contribution in [2.45, 2.75) is 63.8 Å². The van der Waals surface area contributed by atoms with E-state index in [0.717, 1.165) is 50.3 Å². The molecule has 2 rings (SSSR count). The molecule has 1 aliphatic rings. The smallest absolute Gasteiger partial charge is 0.208 e. The minimum Gasteiger partial charge on any atom is -0.208 e. The molecule has 0 unspecified atom stereocenters. The lowest BCUT2D eigenvalue weighted by atomic mass is 9.69. The van der Waals surface area contributed by atoms with Gasteiger partial charge in [0.2, 0.25) is 10.0 Å². The van der Waals surface area contributed by atoms with Crippen LogP contribution < -0.4 is 4.72 Å². The lowest BCUT2D eigenvalue weighted by Crippen LogP contribution is -2.40. The van der Waals surface area contributed by atoms with E-state index in [4.69, 9.17) is 0 Å². The average Bonchev–Trinajstić information content (AvgIpc) is 2.49. The second kappa shape index (κ2) is 6.85. The summed E-state index contributed by atoms with van der Waals surface area (Å²) in [5, 5.41) is 0. The van der Waals surface area contributed by atoms with Crippen LogP contribution in [0.3, 0.4) is 0 Å². The molecule has 0 bridgehead atoms. The summed E-state index contributed by atoms with van der Waals surface area (Å²) < 4.78 is 54.0. The first kappa shape index (κ1) is 18.3. The van der Waals surface area contributed by atoms with Crippen molar-refractivity contribution in [3.63, 3.8) is 0 Å². The number of halogens is 2. The molecule has 130 valence electrons. The van der Waals surface area contributed by atoms with Crippen LogP contribution in [0.1, 0.15) is 52.9 Å². The SMILES string of the molecule is CCC(C)(C)C1CCC(NS(=O)(=O)c2cc(F)ccc2F)CC1. The minimum atomic E-state index is -4.04. The van der Waals surface area contributed by atoms with Gasteiger partial charge in [0.1, 0.15) is 16.5 Å². The van der Waals surface area contributed by atoms with Crippen molar-refractivity contribution < 1.29 is 17.2 Å². The van der Waals surface area contributed by atoms with Gasteiger partial charge < -0.3 is 0 Å². The first-order valence-electron chi connectivity index (χ1n) is 8.13. The van der Waals surface area contributed by atoms with Crippen molar-refractivity contribution in [2.24, 2.45) is 11.3 Å². The molecule has 0 radical (unpaired) electrons. The molecule has 1 N–H and O–H groups in total. The lowest BCUT2D eigenvalue weighted by Gasteiger charge is -2.39. The van der Waals surface area contributed by atoms with E-state index >= 15 is 0 Å². The van der Waals surface area contributed by atoms with Gasteiger partial charge in [-0.2, -0.15) is 0 Å². The molecule has 0 aromatic heterocycles. The van der Waals surface area contributed by atoms with Gasteiger partial charge in [-0.3, -0.25) is 0 Å². The van der Waals surface area contributed by atoms with Crippen LogP contribution in [0, 0.1) is 23.0 Å². The molecule has 23 heavy (non-hydrogen) atoms. The molecule has 3 nitrogen and oxygen atoms in total. The number of hydrogen-bond acceptors (Lipinski definition) is 2. The van der Waals surface area contributed by atoms with Gasteiger partial charge in [-0.05, 0) is 55.2 Å². The predicted octanol–water partition coefficient (Wildman–Crippen LogP) is 4.24. The second-order valence-corrected chi connectivity index (χ2v) is 8.77. The number of benzene rings is 1. The Morgan fingerprint density at radius 1 is 1.17 bits per heavy atom. The molecule has 1 aromatic carbocycles.